The summed E-state index contributed by atoms with van der Waals surface area (Å²) >= 11 is 0. The molecule has 1 saturated heterocycles. The van der Waals surface area contributed by atoms with E-state index in [4.69, 9.17) is 0 Å². The van der Waals surface area contributed by atoms with E-state index in [1.807, 2.05) is 6.20 Å². The number of amides is 4. The van der Waals surface area contributed by atoms with Gasteiger partial charge in [0.2, 0.25) is 11.8 Å². The third-order valence-electron chi connectivity index (χ3n) is 6.81. The minimum atomic E-state index is -0.670. The van der Waals surface area contributed by atoms with Crippen LogP contribution in [0.1, 0.15) is 51.4 Å². The van der Waals surface area contributed by atoms with Crippen LogP contribution in [0.3, 0.4) is 0 Å². The van der Waals surface area contributed by atoms with Crippen LogP contribution in [0.25, 0.3) is 5.69 Å². The third-order valence-corrected chi connectivity index (χ3v) is 6.81. The van der Waals surface area contributed by atoms with Gasteiger partial charge in [0, 0.05) is 49.4 Å². The Balaban J connectivity index is 1.15. The molecule has 0 spiro atoms. The summed E-state index contributed by atoms with van der Waals surface area (Å²) in [6, 6.07) is 4.55. The SMILES string of the molecule is O=C1CCC(N2Cc3cc(-n4cc(C(=O)NC5CCn6cncc6C5)nn4)ccc3C2=O)C(=O)N1. The van der Waals surface area contributed by atoms with Gasteiger partial charge in [0.05, 0.1) is 18.2 Å². The minimum Gasteiger partial charge on any atom is -0.347 e. The molecular weight excluding hydrogens is 452 g/mol. The van der Waals surface area contributed by atoms with E-state index in [0.29, 0.717) is 24.1 Å². The molecule has 12 heteroatoms. The number of aromatic nitrogens is 5. The number of imidazole rings is 1. The number of hydrogen-bond donors (Lipinski definition) is 2. The van der Waals surface area contributed by atoms with Crippen molar-refractivity contribution in [1.82, 2.24) is 40.1 Å². The van der Waals surface area contributed by atoms with E-state index in [0.717, 1.165) is 24.2 Å². The van der Waals surface area contributed by atoms with Crippen molar-refractivity contribution in [3.8, 4) is 5.69 Å². The zero-order valence-electron chi connectivity index (χ0n) is 18.7. The summed E-state index contributed by atoms with van der Waals surface area (Å²) in [5, 5.41) is 13.4. The Hall–Kier alpha value is -4.35. The Morgan fingerprint density at radius 3 is 2.91 bits per heavy atom. The van der Waals surface area contributed by atoms with Crippen LogP contribution < -0.4 is 10.6 Å². The fraction of sp³-hybridized carbons (Fsp3) is 0.348. The average Bonchev–Trinajstić information content (AvgIpc) is 3.58. The number of benzene rings is 1. The van der Waals surface area contributed by atoms with E-state index < -0.39 is 11.9 Å². The van der Waals surface area contributed by atoms with Gasteiger partial charge >= 0.3 is 0 Å². The Kier molecular flexibility index (Phi) is 4.94. The number of fused-ring (bicyclic) bond motifs is 2. The van der Waals surface area contributed by atoms with Crippen LogP contribution in [-0.4, -0.2) is 65.2 Å². The molecule has 0 aliphatic carbocycles. The van der Waals surface area contributed by atoms with E-state index in [9.17, 15) is 19.2 Å². The number of rotatable bonds is 4. The van der Waals surface area contributed by atoms with Crippen LogP contribution in [0.2, 0.25) is 0 Å². The quantitative estimate of drug-likeness (QED) is 0.505. The summed E-state index contributed by atoms with van der Waals surface area (Å²) < 4.78 is 3.57. The molecule has 35 heavy (non-hydrogen) atoms. The lowest BCUT2D eigenvalue weighted by molar-refractivity contribution is -0.136. The van der Waals surface area contributed by atoms with E-state index >= 15 is 0 Å². The summed E-state index contributed by atoms with van der Waals surface area (Å²) in [5.74, 6) is -1.31. The van der Waals surface area contributed by atoms with Gasteiger partial charge in [-0.25, -0.2) is 9.67 Å². The molecule has 2 atom stereocenters. The number of piperidine rings is 1. The normalized spacial score (nSPS) is 21.5. The average molecular weight is 474 g/mol. The smallest absolute Gasteiger partial charge is 0.273 e. The predicted octanol–water partition coefficient (Wildman–Crippen LogP) is -0.0304. The van der Waals surface area contributed by atoms with Gasteiger partial charge in [-0.2, -0.15) is 0 Å². The van der Waals surface area contributed by atoms with Crippen molar-refractivity contribution in [2.45, 2.75) is 50.9 Å². The second-order valence-corrected chi connectivity index (χ2v) is 9.03. The molecule has 1 aromatic carbocycles. The van der Waals surface area contributed by atoms with E-state index in [1.54, 1.807) is 30.7 Å². The Morgan fingerprint density at radius 2 is 2.06 bits per heavy atom. The Bertz CT molecular complexity index is 1380. The molecule has 12 nitrogen and oxygen atoms in total. The summed E-state index contributed by atoms with van der Waals surface area (Å²) in [4.78, 5) is 55.0. The van der Waals surface area contributed by atoms with Gasteiger partial charge in [-0.05, 0) is 36.6 Å². The lowest BCUT2D eigenvalue weighted by Gasteiger charge is -2.29. The van der Waals surface area contributed by atoms with Crippen molar-refractivity contribution >= 4 is 23.6 Å². The molecule has 0 bridgehead atoms. The van der Waals surface area contributed by atoms with Gasteiger partial charge in [0.1, 0.15) is 6.04 Å². The predicted molar refractivity (Wildman–Crippen MR) is 119 cm³/mol. The highest BCUT2D eigenvalue weighted by atomic mass is 16.2. The van der Waals surface area contributed by atoms with Crippen LogP contribution in [0.4, 0.5) is 0 Å². The first-order valence-corrected chi connectivity index (χ1v) is 11.5. The monoisotopic (exact) mass is 474 g/mol. The van der Waals surface area contributed by atoms with Gasteiger partial charge in [0.25, 0.3) is 11.8 Å². The highest BCUT2D eigenvalue weighted by Gasteiger charge is 2.39. The van der Waals surface area contributed by atoms with Crippen LogP contribution >= 0.6 is 0 Å². The van der Waals surface area contributed by atoms with Crippen molar-refractivity contribution in [2.75, 3.05) is 0 Å². The highest BCUT2D eigenvalue weighted by Crippen LogP contribution is 2.29. The zero-order chi connectivity index (χ0) is 24.1. The number of nitrogens with zero attached hydrogens (tertiary/aromatic N) is 6. The lowest BCUT2D eigenvalue weighted by Crippen LogP contribution is -2.52. The fourth-order valence-corrected chi connectivity index (χ4v) is 4.95. The number of imide groups is 1. The van der Waals surface area contributed by atoms with Crippen LogP contribution in [0, 0.1) is 0 Å². The molecule has 0 radical (unpaired) electrons. The summed E-state index contributed by atoms with van der Waals surface area (Å²) in [7, 11) is 0. The standard InChI is InChI=1S/C23H22N8O4/c32-20-4-3-19(22(34)26-20)30-10-13-7-15(1-2-17(13)23(30)35)31-11-18(27-28-31)21(33)25-14-5-6-29-12-24-9-16(29)8-14/h1-2,7,9,11-12,14,19H,3-6,8,10H2,(H,25,33)(H,26,32,34). The summed E-state index contributed by atoms with van der Waals surface area (Å²) in [6.45, 7) is 1.06. The molecule has 2 aromatic heterocycles. The van der Waals surface area contributed by atoms with Crippen molar-refractivity contribution in [3.63, 3.8) is 0 Å². The first-order chi connectivity index (χ1) is 17.0. The Labute approximate surface area is 199 Å². The number of hydrogen-bond acceptors (Lipinski definition) is 7. The van der Waals surface area contributed by atoms with Crippen molar-refractivity contribution in [2.24, 2.45) is 0 Å². The molecule has 6 rings (SSSR count). The molecule has 2 N–H and O–H groups in total. The van der Waals surface area contributed by atoms with Crippen molar-refractivity contribution < 1.29 is 19.2 Å². The number of carbonyl (C=O) groups excluding carboxylic acids is 4. The molecule has 1 fully saturated rings. The molecular formula is C23H22N8O4. The lowest BCUT2D eigenvalue weighted by atomic mass is 10.0. The van der Waals surface area contributed by atoms with Crippen LogP contribution in [-0.2, 0) is 29.1 Å². The van der Waals surface area contributed by atoms with E-state index in [1.165, 1.54) is 9.58 Å². The summed E-state index contributed by atoms with van der Waals surface area (Å²) in [5.41, 5.74) is 3.19. The number of aryl methyl sites for hydroxylation is 1. The second-order valence-electron chi connectivity index (χ2n) is 9.03. The van der Waals surface area contributed by atoms with Crippen LogP contribution in [0.5, 0.6) is 0 Å². The van der Waals surface area contributed by atoms with Gasteiger partial charge in [-0.3, -0.25) is 24.5 Å². The van der Waals surface area contributed by atoms with Gasteiger partial charge < -0.3 is 14.8 Å². The van der Waals surface area contributed by atoms with Crippen molar-refractivity contribution in [3.05, 3.63) is 59.4 Å². The molecule has 0 saturated carbocycles. The minimum absolute atomic E-state index is 0.00104. The van der Waals surface area contributed by atoms with Gasteiger partial charge in [0.15, 0.2) is 5.69 Å². The maximum Gasteiger partial charge on any atom is 0.273 e. The first kappa shape index (κ1) is 21.2. The topological polar surface area (TPSA) is 144 Å². The molecule has 5 heterocycles. The number of nitrogens with one attached hydrogen (secondary N) is 2. The third kappa shape index (κ3) is 3.76. The molecule has 3 aromatic rings. The molecule has 3 aliphatic rings. The van der Waals surface area contributed by atoms with Gasteiger partial charge in [-0.15, -0.1) is 5.10 Å². The molecule has 2 unspecified atom stereocenters. The summed E-state index contributed by atoms with van der Waals surface area (Å²) in [6.07, 6.45) is 7.20. The van der Waals surface area contributed by atoms with E-state index in [2.05, 4.69) is 30.5 Å². The fourth-order valence-electron chi connectivity index (χ4n) is 4.95. The van der Waals surface area contributed by atoms with Crippen molar-refractivity contribution in [1.29, 1.82) is 0 Å². The maximum absolute atomic E-state index is 12.9. The number of carbonyl (C=O) groups is 4. The molecule has 178 valence electrons. The van der Waals surface area contributed by atoms with Gasteiger partial charge in [-0.1, -0.05) is 5.21 Å². The Morgan fingerprint density at radius 1 is 1.17 bits per heavy atom. The largest absolute Gasteiger partial charge is 0.347 e. The highest BCUT2D eigenvalue weighted by molar-refractivity contribution is 6.05. The second kappa shape index (κ2) is 8.15. The maximum atomic E-state index is 12.9. The zero-order valence-corrected chi connectivity index (χ0v) is 18.7. The molecule has 4 amide bonds. The van der Waals surface area contributed by atoms with Crippen LogP contribution in [0.15, 0.2) is 36.9 Å². The van der Waals surface area contributed by atoms with E-state index in [-0.39, 0.29) is 42.4 Å². The molecule has 3 aliphatic heterocycles. The first-order valence-electron chi connectivity index (χ1n) is 11.5.